The summed E-state index contributed by atoms with van der Waals surface area (Å²) in [5.41, 5.74) is 2.61. The van der Waals surface area contributed by atoms with Gasteiger partial charge in [-0.3, -0.25) is 9.59 Å². The van der Waals surface area contributed by atoms with Crippen LogP contribution in [0, 0.1) is 5.92 Å². The molecule has 3 aromatic rings. The lowest BCUT2D eigenvalue weighted by Crippen LogP contribution is -2.31. The Morgan fingerprint density at radius 3 is 2.46 bits per heavy atom. The van der Waals surface area contributed by atoms with Crippen molar-refractivity contribution in [2.45, 2.75) is 57.9 Å². The van der Waals surface area contributed by atoms with E-state index in [9.17, 15) is 9.59 Å². The van der Waals surface area contributed by atoms with Gasteiger partial charge >= 0.3 is 5.97 Å². The van der Waals surface area contributed by atoms with Crippen molar-refractivity contribution in [2.24, 2.45) is 5.92 Å². The van der Waals surface area contributed by atoms with Gasteiger partial charge in [-0.05, 0) is 54.5 Å². The second-order valence-electron chi connectivity index (χ2n) is 10.1. The fourth-order valence-corrected chi connectivity index (χ4v) is 5.54. The first kappa shape index (κ1) is 26.9. The Hall–Kier alpha value is -3.18. The van der Waals surface area contributed by atoms with E-state index < -0.39 is 0 Å². The molecule has 3 aromatic carbocycles. The lowest BCUT2D eigenvalue weighted by molar-refractivity contribution is -0.143. The summed E-state index contributed by atoms with van der Waals surface area (Å²) in [7, 11) is 0. The number of nitrogens with one attached hydrogen (secondary N) is 1. The zero-order valence-electron chi connectivity index (χ0n) is 22.2. The molecule has 3 atom stereocenters. The molecule has 5 heteroatoms. The highest BCUT2D eigenvalue weighted by Gasteiger charge is 2.35. The van der Waals surface area contributed by atoms with Gasteiger partial charge < -0.3 is 15.0 Å². The van der Waals surface area contributed by atoms with Crippen LogP contribution in [-0.4, -0.2) is 43.0 Å². The van der Waals surface area contributed by atoms with E-state index in [2.05, 4.69) is 83.9 Å². The normalized spacial score (nSPS) is 18.2. The van der Waals surface area contributed by atoms with E-state index in [0.29, 0.717) is 31.3 Å². The fraction of sp³-hybridized carbons (Fsp3) is 0.438. The van der Waals surface area contributed by atoms with Gasteiger partial charge in [-0.2, -0.15) is 0 Å². The molecule has 1 amide bonds. The maximum atomic E-state index is 13.1. The predicted octanol–water partition coefficient (Wildman–Crippen LogP) is 6.25. The first-order chi connectivity index (χ1) is 18.1. The van der Waals surface area contributed by atoms with Gasteiger partial charge in [0, 0.05) is 44.4 Å². The van der Waals surface area contributed by atoms with Crippen molar-refractivity contribution in [3.05, 3.63) is 83.9 Å². The molecule has 0 saturated carbocycles. The first-order valence-electron chi connectivity index (χ1n) is 13.8. The minimum absolute atomic E-state index is 0.146. The summed E-state index contributed by atoms with van der Waals surface area (Å²) in [6.45, 7) is 6.87. The Morgan fingerprint density at radius 2 is 1.65 bits per heavy atom. The van der Waals surface area contributed by atoms with Gasteiger partial charge in [0.05, 0.1) is 6.61 Å². The Kier molecular flexibility index (Phi) is 9.72. The number of rotatable bonds is 12. The number of fused-ring (bicyclic) bond motifs is 1. The van der Waals surface area contributed by atoms with E-state index >= 15 is 0 Å². The molecular formula is C32H40N2O3. The Bertz CT molecular complexity index is 1160. The van der Waals surface area contributed by atoms with E-state index in [-0.39, 0.29) is 17.9 Å². The molecule has 1 aliphatic heterocycles. The van der Waals surface area contributed by atoms with Crippen LogP contribution in [0.1, 0.15) is 69.0 Å². The second kappa shape index (κ2) is 13.4. The first-order valence-corrected chi connectivity index (χ1v) is 13.8. The highest BCUT2D eigenvalue weighted by molar-refractivity contribution is 5.86. The van der Waals surface area contributed by atoms with E-state index in [4.69, 9.17) is 4.74 Å². The highest BCUT2D eigenvalue weighted by atomic mass is 16.5. The SMILES string of the molecule is CCOC(=O)CCCCCC(=O)N1C[C@H](CN[C@H](C)c2cccc3ccccc23)[C@@H](c2ccccc2)C1. The molecule has 1 fully saturated rings. The van der Waals surface area contributed by atoms with Gasteiger partial charge in [0.15, 0.2) is 0 Å². The van der Waals surface area contributed by atoms with Gasteiger partial charge in [-0.15, -0.1) is 0 Å². The molecule has 196 valence electrons. The van der Waals surface area contributed by atoms with E-state index in [0.717, 1.165) is 38.9 Å². The van der Waals surface area contributed by atoms with Crippen molar-refractivity contribution in [2.75, 3.05) is 26.2 Å². The molecule has 1 aliphatic rings. The third kappa shape index (κ3) is 7.20. The number of hydrogen-bond donors (Lipinski definition) is 1. The van der Waals surface area contributed by atoms with Gasteiger partial charge in [0.2, 0.25) is 5.91 Å². The van der Waals surface area contributed by atoms with Crippen LogP contribution < -0.4 is 5.32 Å². The fourth-order valence-electron chi connectivity index (χ4n) is 5.54. The van der Waals surface area contributed by atoms with Crippen LogP contribution >= 0.6 is 0 Å². The molecule has 0 aromatic heterocycles. The Labute approximate surface area is 221 Å². The quantitative estimate of drug-likeness (QED) is 0.236. The van der Waals surface area contributed by atoms with Crippen LogP contribution in [0.15, 0.2) is 72.8 Å². The van der Waals surface area contributed by atoms with Crippen molar-refractivity contribution in [3.63, 3.8) is 0 Å². The Morgan fingerprint density at radius 1 is 0.919 bits per heavy atom. The minimum Gasteiger partial charge on any atom is -0.466 e. The molecule has 4 rings (SSSR count). The van der Waals surface area contributed by atoms with Gasteiger partial charge in [-0.1, -0.05) is 79.2 Å². The predicted molar refractivity (Wildman–Crippen MR) is 149 cm³/mol. The number of nitrogens with zero attached hydrogens (tertiary/aromatic N) is 1. The van der Waals surface area contributed by atoms with E-state index in [1.807, 2.05) is 13.0 Å². The number of unbranched alkanes of at least 4 members (excludes halogenated alkanes) is 2. The van der Waals surface area contributed by atoms with Crippen LogP contribution in [0.2, 0.25) is 0 Å². The third-order valence-corrected chi connectivity index (χ3v) is 7.57. The van der Waals surface area contributed by atoms with Crippen LogP contribution in [0.5, 0.6) is 0 Å². The van der Waals surface area contributed by atoms with Crippen LogP contribution in [0.25, 0.3) is 10.8 Å². The number of benzene rings is 3. The largest absolute Gasteiger partial charge is 0.466 e. The molecule has 1 heterocycles. The van der Waals surface area contributed by atoms with Gasteiger partial charge in [0.1, 0.15) is 0 Å². The van der Waals surface area contributed by atoms with E-state index in [1.165, 1.54) is 21.9 Å². The topological polar surface area (TPSA) is 58.6 Å². The summed E-state index contributed by atoms with van der Waals surface area (Å²) in [4.78, 5) is 26.7. The average Bonchev–Trinajstić information content (AvgIpc) is 3.36. The summed E-state index contributed by atoms with van der Waals surface area (Å²) in [6.07, 6.45) is 3.43. The number of carbonyl (C=O) groups excluding carboxylic acids is 2. The second-order valence-corrected chi connectivity index (χ2v) is 10.1. The summed E-state index contributed by atoms with van der Waals surface area (Å²) < 4.78 is 4.99. The lowest BCUT2D eigenvalue weighted by atomic mass is 9.88. The van der Waals surface area contributed by atoms with Crippen molar-refractivity contribution in [1.29, 1.82) is 0 Å². The molecule has 0 bridgehead atoms. The monoisotopic (exact) mass is 500 g/mol. The van der Waals surface area contributed by atoms with Crippen molar-refractivity contribution < 1.29 is 14.3 Å². The van der Waals surface area contributed by atoms with Crippen LogP contribution in [-0.2, 0) is 14.3 Å². The molecule has 0 radical (unpaired) electrons. The number of carbonyl (C=O) groups is 2. The molecular weight excluding hydrogens is 460 g/mol. The molecule has 1 saturated heterocycles. The average molecular weight is 501 g/mol. The zero-order valence-corrected chi connectivity index (χ0v) is 22.2. The molecule has 0 aliphatic carbocycles. The molecule has 0 spiro atoms. The lowest BCUT2D eigenvalue weighted by Gasteiger charge is -2.23. The number of hydrogen-bond acceptors (Lipinski definition) is 4. The highest BCUT2D eigenvalue weighted by Crippen LogP contribution is 2.34. The standard InChI is InChI=1S/C32H40N2O3/c1-3-37-32(36)20-9-5-8-19-31(35)34-22-27(30(23-34)26-13-6-4-7-14-26)21-33-24(2)28-18-12-16-25-15-10-11-17-29(25)28/h4,6-7,10-18,24,27,30,33H,3,5,8-9,19-23H2,1-2H3/t24-,27+,30-/m1/s1. The van der Waals surface area contributed by atoms with E-state index in [1.54, 1.807) is 0 Å². The van der Waals surface area contributed by atoms with Gasteiger partial charge in [-0.25, -0.2) is 0 Å². The summed E-state index contributed by atoms with van der Waals surface area (Å²) in [5.74, 6) is 0.752. The van der Waals surface area contributed by atoms with Crippen LogP contribution in [0.4, 0.5) is 0 Å². The summed E-state index contributed by atoms with van der Waals surface area (Å²) in [5, 5.41) is 6.34. The zero-order chi connectivity index (χ0) is 26.0. The molecule has 0 unspecified atom stereocenters. The Balaban J connectivity index is 1.35. The maximum Gasteiger partial charge on any atom is 0.305 e. The third-order valence-electron chi connectivity index (χ3n) is 7.57. The molecule has 37 heavy (non-hydrogen) atoms. The summed E-state index contributed by atoms with van der Waals surface area (Å²) >= 11 is 0. The number of esters is 1. The number of amides is 1. The molecule has 5 nitrogen and oxygen atoms in total. The number of likely N-dealkylation sites (tertiary alicyclic amines) is 1. The van der Waals surface area contributed by atoms with Crippen molar-refractivity contribution in [1.82, 2.24) is 10.2 Å². The van der Waals surface area contributed by atoms with Gasteiger partial charge in [0.25, 0.3) is 0 Å². The van der Waals surface area contributed by atoms with Crippen molar-refractivity contribution in [3.8, 4) is 0 Å². The maximum absolute atomic E-state index is 13.1. The van der Waals surface area contributed by atoms with Crippen molar-refractivity contribution >= 4 is 22.6 Å². The van der Waals surface area contributed by atoms with Crippen LogP contribution in [0.3, 0.4) is 0 Å². The summed E-state index contributed by atoms with van der Waals surface area (Å²) in [6, 6.07) is 25.9. The number of ether oxygens (including phenoxy) is 1. The minimum atomic E-state index is -0.146. The molecule has 1 N–H and O–H groups in total. The smallest absolute Gasteiger partial charge is 0.305 e.